The molecule has 0 saturated heterocycles. The van der Waals surface area contributed by atoms with Gasteiger partial charge in [-0.25, -0.2) is 10.2 Å². The van der Waals surface area contributed by atoms with Gasteiger partial charge in [-0.05, 0) is 30.7 Å². The fourth-order valence-electron chi connectivity index (χ4n) is 1.80. The summed E-state index contributed by atoms with van der Waals surface area (Å²) in [5.41, 5.74) is 4.95. The second kappa shape index (κ2) is 7.09. The third-order valence-electron chi connectivity index (χ3n) is 2.90. The van der Waals surface area contributed by atoms with Crippen LogP contribution in [0, 0.1) is 6.92 Å². The molecule has 0 bridgehead atoms. The van der Waals surface area contributed by atoms with Crippen molar-refractivity contribution >= 4 is 17.9 Å². The van der Waals surface area contributed by atoms with Crippen molar-refractivity contribution in [2.75, 3.05) is 12.4 Å². The number of amides is 2. The van der Waals surface area contributed by atoms with Crippen molar-refractivity contribution in [2.45, 2.75) is 6.92 Å². The van der Waals surface area contributed by atoms with E-state index < -0.39 is 6.03 Å². The number of hydrogen-bond donors (Lipinski definition) is 2. The lowest BCUT2D eigenvalue weighted by molar-refractivity contribution is 0.252. The molecular formula is C16H17N3O2. The van der Waals surface area contributed by atoms with Crippen LogP contribution in [0.4, 0.5) is 10.5 Å². The second-order valence-electron chi connectivity index (χ2n) is 4.38. The molecule has 2 rings (SSSR count). The number of ether oxygens (including phenoxy) is 1. The maximum atomic E-state index is 11.7. The lowest BCUT2D eigenvalue weighted by Gasteiger charge is -2.07. The van der Waals surface area contributed by atoms with Crippen LogP contribution in [0.15, 0.2) is 53.6 Å². The number of methoxy groups -OCH3 is 1. The van der Waals surface area contributed by atoms with E-state index in [0.717, 1.165) is 16.8 Å². The van der Waals surface area contributed by atoms with Gasteiger partial charge in [0.05, 0.1) is 13.3 Å². The quantitative estimate of drug-likeness (QED) is 0.668. The van der Waals surface area contributed by atoms with Crippen LogP contribution in [0.2, 0.25) is 0 Å². The molecule has 2 aromatic carbocycles. The number of nitrogens with zero attached hydrogens (tertiary/aromatic N) is 1. The number of nitrogens with one attached hydrogen (secondary N) is 2. The standard InChI is InChI=1S/C16H17N3O2/c1-12-7-3-5-9-14(12)18-16(20)19-17-11-13-8-4-6-10-15(13)21-2/h3-11H,1-2H3,(H2,18,19,20)/b17-11-. The molecule has 0 atom stereocenters. The van der Waals surface area contributed by atoms with Gasteiger partial charge in [-0.2, -0.15) is 5.10 Å². The van der Waals surface area contributed by atoms with Crippen LogP contribution in [0.5, 0.6) is 5.75 Å². The highest BCUT2D eigenvalue weighted by Crippen LogP contribution is 2.14. The molecule has 0 aromatic heterocycles. The Kier molecular flexibility index (Phi) is 4.93. The predicted molar refractivity (Wildman–Crippen MR) is 83.9 cm³/mol. The molecule has 0 spiro atoms. The van der Waals surface area contributed by atoms with Gasteiger partial charge in [-0.15, -0.1) is 0 Å². The molecule has 2 amide bonds. The van der Waals surface area contributed by atoms with Crippen molar-refractivity contribution in [3.63, 3.8) is 0 Å². The Morgan fingerprint density at radius 2 is 1.86 bits per heavy atom. The first-order chi connectivity index (χ1) is 10.2. The highest BCUT2D eigenvalue weighted by molar-refractivity contribution is 5.91. The van der Waals surface area contributed by atoms with Crippen LogP contribution in [-0.4, -0.2) is 19.4 Å². The van der Waals surface area contributed by atoms with Gasteiger partial charge in [0.15, 0.2) is 0 Å². The number of hydrazone groups is 1. The average Bonchev–Trinajstić information content (AvgIpc) is 2.50. The Morgan fingerprint density at radius 1 is 1.14 bits per heavy atom. The van der Waals surface area contributed by atoms with E-state index in [2.05, 4.69) is 15.8 Å². The van der Waals surface area contributed by atoms with Crippen molar-refractivity contribution in [2.24, 2.45) is 5.10 Å². The number of hydrogen-bond acceptors (Lipinski definition) is 3. The normalized spacial score (nSPS) is 10.4. The van der Waals surface area contributed by atoms with E-state index in [1.54, 1.807) is 7.11 Å². The summed E-state index contributed by atoms with van der Waals surface area (Å²) >= 11 is 0. The summed E-state index contributed by atoms with van der Waals surface area (Å²) in [6.45, 7) is 1.92. The van der Waals surface area contributed by atoms with E-state index in [-0.39, 0.29) is 0 Å². The lowest BCUT2D eigenvalue weighted by Crippen LogP contribution is -2.24. The molecule has 0 aliphatic carbocycles. The van der Waals surface area contributed by atoms with Crippen LogP contribution < -0.4 is 15.5 Å². The molecule has 0 fully saturated rings. The monoisotopic (exact) mass is 283 g/mol. The summed E-state index contributed by atoms with van der Waals surface area (Å²) in [5.74, 6) is 0.697. The molecule has 0 unspecified atom stereocenters. The number of carbonyl (C=O) groups excluding carboxylic acids is 1. The molecule has 2 aromatic rings. The van der Waals surface area contributed by atoms with E-state index in [1.165, 1.54) is 6.21 Å². The summed E-state index contributed by atoms with van der Waals surface area (Å²) in [5, 5.41) is 6.64. The van der Waals surface area contributed by atoms with Crippen LogP contribution in [0.25, 0.3) is 0 Å². The van der Waals surface area contributed by atoms with Gasteiger partial charge < -0.3 is 10.1 Å². The van der Waals surface area contributed by atoms with E-state index in [1.807, 2.05) is 55.5 Å². The average molecular weight is 283 g/mol. The number of urea groups is 1. The summed E-state index contributed by atoms with van der Waals surface area (Å²) in [7, 11) is 1.59. The van der Waals surface area contributed by atoms with Crippen molar-refractivity contribution in [3.8, 4) is 5.75 Å². The second-order valence-corrected chi connectivity index (χ2v) is 4.38. The van der Waals surface area contributed by atoms with Crippen LogP contribution >= 0.6 is 0 Å². The molecule has 0 aliphatic heterocycles. The first-order valence-electron chi connectivity index (χ1n) is 6.49. The first kappa shape index (κ1) is 14.6. The minimum atomic E-state index is -0.393. The Hall–Kier alpha value is -2.82. The Bertz CT molecular complexity index is 653. The number of benzene rings is 2. The Labute approximate surface area is 123 Å². The SMILES string of the molecule is COc1ccccc1/C=N\NC(=O)Nc1ccccc1C. The van der Waals surface area contributed by atoms with Crippen molar-refractivity contribution in [1.29, 1.82) is 0 Å². The van der Waals surface area contributed by atoms with Gasteiger partial charge in [0.2, 0.25) is 0 Å². The van der Waals surface area contributed by atoms with E-state index in [9.17, 15) is 4.79 Å². The van der Waals surface area contributed by atoms with E-state index in [4.69, 9.17) is 4.74 Å². The third kappa shape index (κ3) is 4.07. The minimum Gasteiger partial charge on any atom is -0.496 e. The van der Waals surface area contributed by atoms with Crippen LogP contribution in [-0.2, 0) is 0 Å². The smallest absolute Gasteiger partial charge is 0.339 e. The highest BCUT2D eigenvalue weighted by atomic mass is 16.5. The molecule has 108 valence electrons. The zero-order valence-corrected chi connectivity index (χ0v) is 12.0. The zero-order chi connectivity index (χ0) is 15.1. The summed E-state index contributed by atoms with van der Waals surface area (Å²) in [4.78, 5) is 11.7. The molecule has 2 N–H and O–H groups in total. The Morgan fingerprint density at radius 3 is 2.62 bits per heavy atom. The maximum absolute atomic E-state index is 11.7. The van der Waals surface area contributed by atoms with Gasteiger partial charge in [-0.1, -0.05) is 30.3 Å². The maximum Gasteiger partial charge on any atom is 0.339 e. The van der Waals surface area contributed by atoms with E-state index >= 15 is 0 Å². The van der Waals surface area contributed by atoms with Gasteiger partial charge in [0.25, 0.3) is 0 Å². The minimum absolute atomic E-state index is 0.393. The van der Waals surface area contributed by atoms with E-state index in [0.29, 0.717) is 5.75 Å². The first-order valence-corrected chi connectivity index (χ1v) is 6.49. The number of para-hydroxylation sites is 2. The largest absolute Gasteiger partial charge is 0.496 e. The fourth-order valence-corrected chi connectivity index (χ4v) is 1.80. The summed E-state index contributed by atoms with van der Waals surface area (Å²) in [6, 6.07) is 14.6. The third-order valence-corrected chi connectivity index (χ3v) is 2.90. The molecular weight excluding hydrogens is 266 g/mol. The molecule has 5 nitrogen and oxygen atoms in total. The lowest BCUT2D eigenvalue weighted by atomic mass is 10.2. The highest BCUT2D eigenvalue weighted by Gasteiger charge is 2.02. The van der Waals surface area contributed by atoms with Gasteiger partial charge >= 0.3 is 6.03 Å². The number of carbonyl (C=O) groups is 1. The molecule has 0 aliphatic rings. The van der Waals surface area contributed by atoms with Crippen LogP contribution in [0.3, 0.4) is 0 Å². The van der Waals surface area contributed by atoms with Gasteiger partial charge in [-0.3, -0.25) is 0 Å². The number of rotatable bonds is 4. The summed E-state index contributed by atoms with van der Waals surface area (Å²) in [6.07, 6.45) is 1.54. The van der Waals surface area contributed by atoms with Gasteiger partial charge in [0, 0.05) is 11.3 Å². The Balaban J connectivity index is 1.95. The van der Waals surface area contributed by atoms with Crippen molar-refractivity contribution in [1.82, 2.24) is 5.43 Å². The zero-order valence-electron chi connectivity index (χ0n) is 12.0. The molecule has 0 saturated carbocycles. The molecule has 21 heavy (non-hydrogen) atoms. The topological polar surface area (TPSA) is 62.7 Å². The van der Waals surface area contributed by atoms with Gasteiger partial charge in [0.1, 0.15) is 5.75 Å². The van der Waals surface area contributed by atoms with Crippen molar-refractivity contribution in [3.05, 3.63) is 59.7 Å². The van der Waals surface area contributed by atoms with Crippen molar-refractivity contribution < 1.29 is 9.53 Å². The predicted octanol–water partition coefficient (Wildman–Crippen LogP) is 3.16. The van der Waals surface area contributed by atoms with Crippen LogP contribution in [0.1, 0.15) is 11.1 Å². The molecule has 0 heterocycles. The molecule has 0 radical (unpaired) electrons. The fraction of sp³-hybridized carbons (Fsp3) is 0.125. The number of aryl methyl sites for hydroxylation is 1. The molecule has 5 heteroatoms. The summed E-state index contributed by atoms with van der Waals surface area (Å²) < 4.78 is 5.19. The number of anilines is 1.